The van der Waals surface area contributed by atoms with Crippen molar-refractivity contribution in [2.45, 2.75) is 38.9 Å². The molecule has 0 aromatic heterocycles. The zero-order valence-electron chi connectivity index (χ0n) is 10.3. The van der Waals surface area contributed by atoms with Crippen molar-refractivity contribution in [1.82, 2.24) is 6.15 Å². The number of hydrogen-bond acceptors (Lipinski definition) is 4. The smallest absolute Gasteiger partial charge is 0.0872 e. The van der Waals surface area contributed by atoms with Crippen LogP contribution >= 0.6 is 0 Å². The summed E-state index contributed by atoms with van der Waals surface area (Å²) in [6.07, 6.45) is 2.56. The van der Waals surface area contributed by atoms with E-state index in [4.69, 9.17) is 24.8 Å². The van der Waals surface area contributed by atoms with Gasteiger partial charge < -0.3 is 21.8 Å². The number of nitrogens with one attached hydrogen (secondary N) is 1. The molecule has 0 fully saturated rings. The fourth-order valence-corrected chi connectivity index (χ4v) is 0. The summed E-state index contributed by atoms with van der Waals surface area (Å²) in [4.78, 5) is 0. The van der Waals surface area contributed by atoms with Gasteiger partial charge in [0.05, 0.1) is 11.2 Å². The molecule has 0 atom stereocenters. The molecule has 7 heteroatoms. The highest BCUT2D eigenvalue weighted by Gasteiger charge is 2.31. The molecule has 0 spiro atoms. The molecule has 0 aliphatic heterocycles. The topological polar surface area (TPSA) is 99.3 Å². The summed E-state index contributed by atoms with van der Waals surface area (Å²) in [5.74, 6) is 0. The second kappa shape index (κ2) is 14.2. The Bertz CT molecular complexity index is 139. The molecule has 0 saturated heterocycles. The number of hydrogen-bond donors (Lipinski definition) is 4. The molecular weight excluding hydrogens is 217 g/mol. The van der Waals surface area contributed by atoms with Crippen LogP contribution < -0.4 is 6.15 Å². The van der Waals surface area contributed by atoms with E-state index in [0.717, 1.165) is 6.21 Å². The average Bonchev–Trinajstić information content (AvgIpc) is 2.05. The fourth-order valence-electron chi connectivity index (χ4n) is 0. The highest BCUT2D eigenvalue weighted by Crippen LogP contribution is 2.19. The third-order valence-corrected chi connectivity index (χ3v) is 1.62. The second-order valence-electron chi connectivity index (χ2n) is 3.52. The van der Waals surface area contributed by atoms with Crippen LogP contribution in [0.15, 0.2) is 12.7 Å². The lowest BCUT2D eigenvalue weighted by molar-refractivity contribution is -0.107. The lowest BCUT2D eigenvalue weighted by Gasteiger charge is -2.31. The summed E-state index contributed by atoms with van der Waals surface area (Å²) in [5, 5.41) is 24.4. The van der Waals surface area contributed by atoms with Gasteiger partial charge in [0.25, 0.3) is 0 Å². The predicted octanol–water partition coefficient (Wildman–Crippen LogP) is 1.97. The van der Waals surface area contributed by atoms with Crippen molar-refractivity contribution in [2.24, 2.45) is 0 Å². The lowest BCUT2D eigenvalue weighted by atomic mass is 9.90. The maximum atomic E-state index is 9.10. The van der Waals surface area contributed by atoms with Gasteiger partial charge in [0.2, 0.25) is 0 Å². The van der Waals surface area contributed by atoms with Crippen LogP contribution in [0.2, 0.25) is 0 Å². The van der Waals surface area contributed by atoms with E-state index in [1.807, 2.05) is 0 Å². The molecule has 0 aromatic carbocycles. The second-order valence-corrected chi connectivity index (χ2v) is 3.52. The standard InChI is InChI=1S/C6H14O2.C3H5N.B.F2.H3N/c1-5(2,7)6(3,4)8;1-2-3-4;;1-2;/h7-8H,1-4H3;2-4H,1H2;;;1H3. The SMILES string of the molecule is C=CC=N.CC(C)(O)C(C)(C)O.FF.N.[B]. The molecule has 0 amide bonds. The van der Waals surface area contributed by atoms with E-state index in [1.165, 1.54) is 6.08 Å². The molecule has 0 saturated carbocycles. The maximum Gasteiger partial charge on any atom is 0.0872 e. The molecule has 0 unspecified atom stereocenters. The minimum absolute atomic E-state index is 0. The Hall–Kier alpha value is -0.785. The minimum atomic E-state index is -1.01. The van der Waals surface area contributed by atoms with Crippen LogP contribution in [0.5, 0.6) is 0 Å². The van der Waals surface area contributed by atoms with E-state index in [2.05, 4.69) is 6.58 Å². The average molecular weight is 239 g/mol. The maximum absolute atomic E-state index is 9.10. The first-order valence-corrected chi connectivity index (χ1v) is 3.87. The normalized spacial score (nSPS) is 8.75. The van der Waals surface area contributed by atoms with Crippen LogP contribution in [0, 0.1) is 5.41 Å². The molecule has 4 nitrogen and oxygen atoms in total. The van der Waals surface area contributed by atoms with Crippen LogP contribution in [-0.2, 0) is 0 Å². The quantitative estimate of drug-likeness (QED) is 0.437. The lowest BCUT2D eigenvalue weighted by Crippen LogP contribution is -2.44. The van der Waals surface area contributed by atoms with Crippen molar-refractivity contribution in [3.63, 3.8) is 0 Å². The largest absolute Gasteiger partial charge is 0.387 e. The molecule has 0 bridgehead atoms. The van der Waals surface area contributed by atoms with Gasteiger partial charge in [0.1, 0.15) is 0 Å². The van der Waals surface area contributed by atoms with E-state index in [1.54, 1.807) is 27.7 Å². The van der Waals surface area contributed by atoms with Gasteiger partial charge in [-0.3, -0.25) is 0 Å². The Morgan fingerprint density at radius 1 is 1.06 bits per heavy atom. The van der Waals surface area contributed by atoms with Crippen molar-refractivity contribution in [2.75, 3.05) is 0 Å². The summed E-state index contributed by atoms with van der Waals surface area (Å²) in [6.45, 7) is 9.54. The highest BCUT2D eigenvalue weighted by molar-refractivity contribution is 5.75. The molecule has 97 valence electrons. The number of allylic oxidation sites excluding steroid dienone is 1. The van der Waals surface area contributed by atoms with Gasteiger partial charge in [-0.2, -0.15) is 0 Å². The number of rotatable bonds is 2. The first kappa shape index (κ1) is 29.5. The molecule has 0 heterocycles. The Kier molecular flexibility index (Phi) is 26.2. The van der Waals surface area contributed by atoms with Crippen LogP contribution in [0.25, 0.3) is 0 Å². The molecule has 0 aliphatic rings. The number of aliphatic hydroxyl groups is 2. The van der Waals surface area contributed by atoms with Crippen molar-refractivity contribution < 1.29 is 19.4 Å². The van der Waals surface area contributed by atoms with E-state index >= 15 is 0 Å². The van der Waals surface area contributed by atoms with E-state index in [-0.39, 0.29) is 14.6 Å². The first-order valence-electron chi connectivity index (χ1n) is 3.87. The van der Waals surface area contributed by atoms with Crippen LogP contribution in [0.1, 0.15) is 27.7 Å². The molecular formula is C9H22BF2N2O2. The van der Waals surface area contributed by atoms with Crippen molar-refractivity contribution in [1.29, 1.82) is 5.41 Å². The van der Waals surface area contributed by atoms with E-state index < -0.39 is 11.2 Å². The molecule has 0 rings (SSSR count). The van der Waals surface area contributed by atoms with E-state index in [0.29, 0.717) is 0 Å². The highest BCUT2D eigenvalue weighted by atomic mass is 20.0. The Labute approximate surface area is 97.9 Å². The van der Waals surface area contributed by atoms with Gasteiger partial charge in [-0.05, 0) is 27.7 Å². The van der Waals surface area contributed by atoms with Gasteiger partial charge in [-0.1, -0.05) is 12.7 Å². The zero-order valence-corrected chi connectivity index (χ0v) is 10.3. The van der Waals surface area contributed by atoms with Crippen molar-refractivity contribution >= 4 is 14.6 Å². The zero-order chi connectivity index (χ0) is 12.4. The first-order chi connectivity index (χ1) is 6.16. The summed E-state index contributed by atoms with van der Waals surface area (Å²) in [6, 6.07) is 0. The van der Waals surface area contributed by atoms with Gasteiger partial charge in [-0.15, -0.1) is 0 Å². The van der Waals surface area contributed by atoms with Gasteiger partial charge in [0.15, 0.2) is 0 Å². The van der Waals surface area contributed by atoms with Gasteiger partial charge in [0, 0.05) is 23.8 Å². The monoisotopic (exact) mass is 239 g/mol. The fraction of sp³-hybridized carbons (Fsp3) is 0.667. The van der Waals surface area contributed by atoms with E-state index in [9.17, 15) is 0 Å². The molecule has 6 N–H and O–H groups in total. The minimum Gasteiger partial charge on any atom is -0.387 e. The Morgan fingerprint density at radius 2 is 1.19 bits per heavy atom. The van der Waals surface area contributed by atoms with Crippen molar-refractivity contribution in [3.8, 4) is 0 Å². The van der Waals surface area contributed by atoms with Crippen LogP contribution in [0.4, 0.5) is 9.15 Å². The molecule has 3 radical (unpaired) electrons. The number of halogens is 2. The van der Waals surface area contributed by atoms with Crippen LogP contribution in [0.3, 0.4) is 0 Å². The predicted molar refractivity (Wildman–Crippen MR) is 64.6 cm³/mol. The van der Waals surface area contributed by atoms with Gasteiger partial charge >= 0.3 is 0 Å². The summed E-state index contributed by atoms with van der Waals surface area (Å²) >= 11 is 0. The Morgan fingerprint density at radius 3 is 1.19 bits per heavy atom. The molecule has 0 aliphatic carbocycles. The summed E-state index contributed by atoms with van der Waals surface area (Å²) in [7, 11) is 0. The third kappa shape index (κ3) is 23.2. The molecule has 16 heavy (non-hydrogen) atoms. The Balaban J connectivity index is -0.0000000439. The van der Waals surface area contributed by atoms with Crippen LogP contribution in [-0.4, -0.2) is 36.0 Å². The van der Waals surface area contributed by atoms with Crippen molar-refractivity contribution in [3.05, 3.63) is 12.7 Å². The summed E-state index contributed by atoms with van der Waals surface area (Å²) < 4.78 is 16.0. The summed E-state index contributed by atoms with van der Waals surface area (Å²) in [5.41, 5.74) is -2.01. The molecule has 0 aromatic rings. The van der Waals surface area contributed by atoms with Gasteiger partial charge in [-0.25, -0.2) is 0 Å². The third-order valence-electron chi connectivity index (χ3n) is 1.62.